The molecular weight excluding hydrogens is 568 g/mol. The molecule has 13 heteroatoms. The van der Waals surface area contributed by atoms with Crippen molar-refractivity contribution in [2.75, 3.05) is 29.6 Å². The number of aryl methyl sites for hydroxylation is 1. The second-order valence-corrected chi connectivity index (χ2v) is 13.6. The first kappa shape index (κ1) is 31.1. The third kappa shape index (κ3) is 7.50. The highest BCUT2D eigenvalue weighted by Gasteiger charge is 2.34. The standard InChI is InChI=1S/C29H35F2N5O5S/c1-18-22(23-17-32-19(2)40-23)16-33-25(36-13-8-11-29(30,31)12-14-36)24(18)26(37)34-20-9-7-10-21(15-20)42(6,39)35-27(38)41-28(3,4)5/h7,9-10,15-17H,8,11-14H2,1-6H3,(H,34,37)/t42-/m1/s1. The molecule has 1 aliphatic rings. The van der Waals surface area contributed by atoms with Gasteiger partial charge in [0.05, 0.1) is 21.5 Å². The summed E-state index contributed by atoms with van der Waals surface area (Å²) in [6.45, 7) is 8.79. The van der Waals surface area contributed by atoms with Gasteiger partial charge in [-0.3, -0.25) is 4.79 Å². The first-order valence-electron chi connectivity index (χ1n) is 13.5. The minimum atomic E-state index is -3.21. The molecule has 0 bridgehead atoms. The maximum Gasteiger partial charge on any atom is 0.442 e. The van der Waals surface area contributed by atoms with Crippen molar-refractivity contribution >= 4 is 33.2 Å². The number of hydrogen-bond acceptors (Lipinski definition) is 8. The highest BCUT2D eigenvalue weighted by atomic mass is 32.2. The summed E-state index contributed by atoms with van der Waals surface area (Å²) in [5, 5.41) is 2.81. The van der Waals surface area contributed by atoms with Crippen LogP contribution in [0, 0.1) is 13.8 Å². The average molecular weight is 604 g/mol. The number of nitrogens with zero attached hydrogens (tertiary/aromatic N) is 4. The SMILES string of the molecule is Cc1ncc(-c2cnc(N3CCCC(F)(F)CC3)c(C(=O)Nc3cccc([S@@](C)(=O)=NC(=O)OC(C)(C)C)c3)c2C)o1. The van der Waals surface area contributed by atoms with E-state index in [2.05, 4.69) is 19.6 Å². The van der Waals surface area contributed by atoms with E-state index in [0.29, 0.717) is 35.0 Å². The largest absolute Gasteiger partial charge is 0.442 e. The fourth-order valence-corrected chi connectivity index (χ4v) is 5.69. The Kier molecular flexibility index (Phi) is 8.72. The number of nitrogens with one attached hydrogen (secondary N) is 1. The van der Waals surface area contributed by atoms with E-state index in [1.807, 2.05) is 0 Å². The number of carbonyl (C=O) groups excluding carboxylic acids is 2. The molecular formula is C29H35F2N5O5S. The van der Waals surface area contributed by atoms with Crippen molar-refractivity contribution in [2.45, 2.75) is 70.3 Å². The number of oxazole rings is 1. The lowest BCUT2D eigenvalue weighted by Crippen LogP contribution is -2.30. The van der Waals surface area contributed by atoms with Crippen molar-refractivity contribution in [3.63, 3.8) is 0 Å². The van der Waals surface area contributed by atoms with Crippen LogP contribution < -0.4 is 10.2 Å². The van der Waals surface area contributed by atoms with E-state index in [1.54, 1.807) is 57.8 Å². The molecule has 1 N–H and O–H groups in total. The number of carbonyl (C=O) groups is 2. The summed E-state index contributed by atoms with van der Waals surface area (Å²) in [6.07, 6.45) is 3.08. The minimum absolute atomic E-state index is 0.0278. The molecule has 2 amide bonds. The zero-order chi connectivity index (χ0) is 30.9. The van der Waals surface area contributed by atoms with E-state index in [0.717, 1.165) is 0 Å². The lowest BCUT2D eigenvalue weighted by Gasteiger charge is -2.25. The maximum atomic E-state index is 14.2. The molecule has 1 aromatic carbocycles. The van der Waals surface area contributed by atoms with Crippen LogP contribution in [0.2, 0.25) is 0 Å². The van der Waals surface area contributed by atoms with Crippen LogP contribution in [0.1, 0.15) is 61.8 Å². The van der Waals surface area contributed by atoms with Crippen LogP contribution in [0.3, 0.4) is 0 Å². The third-order valence-corrected chi connectivity index (χ3v) is 8.25. The van der Waals surface area contributed by atoms with E-state index in [-0.39, 0.29) is 42.1 Å². The van der Waals surface area contributed by atoms with E-state index < -0.39 is 33.3 Å². The molecule has 2 aromatic heterocycles. The molecule has 3 aromatic rings. The quantitative estimate of drug-likeness (QED) is 0.345. The number of ether oxygens (including phenoxy) is 1. The van der Waals surface area contributed by atoms with Crippen molar-refractivity contribution in [2.24, 2.45) is 4.36 Å². The van der Waals surface area contributed by atoms with Crippen LogP contribution >= 0.6 is 0 Å². The summed E-state index contributed by atoms with van der Waals surface area (Å²) in [4.78, 5) is 36.7. The van der Waals surface area contributed by atoms with Gasteiger partial charge in [-0.15, -0.1) is 4.36 Å². The predicted molar refractivity (Wildman–Crippen MR) is 156 cm³/mol. The van der Waals surface area contributed by atoms with Crippen molar-refractivity contribution in [3.05, 3.63) is 53.7 Å². The average Bonchev–Trinajstić information content (AvgIpc) is 3.21. The first-order chi connectivity index (χ1) is 19.5. The lowest BCUT2D eigenvalue weighted by atomic mass is 10.0. The van der Waals surface area contributed by atoms with Gasteiger partial charge in [0, 0.05) is 61.5 Å². The Morgan fingerprint density at radius 2 is 1.88 bits per heavy atom. The van der Waals surface area contributed by atoms with Gasteiger partial charge >= 0.3 is 6.09 Å². The lowest BCUT2D eigenvalue weighted by molar-refractivity contribution is -0.0102. The number of alkyl halides is 2. The first-order valence-corrected chi connectivity index (χ1v) is 15.4. The third-order valence-electron chi connectivity index (χ3n) is 6.62. The zero-order valence-electron chi connectivity index (χ0n) is 24.5. The molecule has 1 saturated heterocycles. The molecule has 0 aliphatic carbocycles. The van der Waals surface area contributed by atoms with Gasteiger partial charge in [0.2, 0.25) is 5.92 Å². The second-order valence-electron chi connectivity index (χ2n) is 11.3. The van der Waals surface area contributed by atoms with Crippen LogP contribution in [-0.2, 0) is 14.5 Å². The monoisotopic (exact) mass is 603 g/mol. The fraction of sp³-hybridized carbons (Fsp3) is 0.448. The van der Waals surface area contributed by atoms with Crippen LogP contribution in [0.15, 0.2) is 50.3 Å². The van der Waals surface area contributed by atoms with Crippen molar-refractivity contribution in [1.29, 1.82) is 0 Å². The van der Waals surface area contributed by atoms with E-state index >= 15 is 0 Å². The molecule has 0 spiro atoms. The van der Waals surface area contributed by atoms with Gasteiger partial charge in [0.1, 0.15) is 11.4 Å². The molecule has 4 rings (SSSR count). The van der Waals surface area contributed by atoms with Crippen LogP contribution in [0.4, 0.5) is 25.1 Å². The Bertz CT molecular complexity index is 1620. The van der Waals surface area contributed by atoms with E-state index in [4.69, 9.17) is 9.15 Å². The number of anilines is 2. The second kappa shape index (κ2) is 11.8. The molecule has 3 heterocycles. The number of amides is 2. The summed E-state index contributed by atoms with van der Waals surface area (Å²) in [6, 6.07) is 6.18. The van der Waals surface area contributed by atoms with Gasteiger partial charge in [-0.25, -0.2) is 27.8 Å². The highest BCUT2D eigenvalue weighted by molar-refractivity contribution is 7.93. The van der Waals surface area contributed by atoms with Crippen molar-refractivity contribution in [1.82, 2.24) is 9.97 Å². The summed E-state index contributed by atoms with van der Waals surface area (Å²) < 4.78 is 56.2. The number of pyridine rings is 1. The number of halogens is 2. The van der Waals surface area contributed by atoms with Crippen molar-refractivity contribution in [3.8, 4) is 11.3 Å². The van der Waals surface area contributed by atoms with Gasteiger partial charge in [-0.1, -0.05) is 6.07 Å². The Labute approximate surface area is 244 Å². The Morgan fingerprint density at radius 3 is 2.55 bits per heavy atom. The highest BCUT2D eigenvalue weighted by Crippen LogP contribution is 2.35. The molecule has 10 nitrogen and oxygen atoms in total. The van der Waals surface area contributed by atoms with Gasteiger partial charge in [0.15, 0.2) is 11.7 Å². The number of benzene rings is 1. The molecule has 1 fully saturated rings. The van der Waals surface area contributed by atoms with Crippen LogP contribution in [-0.4, -0.2) is 57.0 Å². The molecule has 42 heavy (non-hydrogen) atoms. The molecule has 0 radical (unpaired) electrons. The normalized spacial score (nSPS) is 16.7. The number of hydrogen-bond donors (Lipinski definition) is 1. The summed E-state index contributed by atoms with van der Waals surface area (Å²) in [5.74, 6) is -2.21. The number of rotatable bonds is 5. The zero-order valence-corrected chi connectivity index (χ0v) is 25.3. The van der Waals surface area contributed by atoms with E-state index in [1.165, 1.54) is 24.6 Å². The van der Waals surface area contributed by atoms with Gasteiger partial charge in [-0.2, -0.15) is 0 Å². The summed E-state index contributed by atoms with van der Waals surface area (Å²) in [5.41, 5.74) is 0.733. The molecule has 0 unspecified atom stereocenters. The molecule has 0 saturated carbocycles. The predicted octanol–water partition coefficient (Wildman–Crippen LogP) is 6.62. The molecule has 226 valence electrons. The van der Waals surface area contributed by atoms with Gasteiger partial charge < -0.3 is 19.4 Å². The van der Waals surface area contributed by atoms with Crippen LogP contribution in [0.25, 0.3) is 11.3 Å². The van der Waals surface area contributed by atoms with Gasteiger partial charge in [-0.05, 0) is 57.9 Å². The maximum absolute atomic E-state index is 14.2. The molecule has 1 aliphatic heterocycles. The Hall–Kier alpha value is -3.87. The topological polar surface area (TPSA) is 127 Å². The van der Waals surface area contributed by atoms with Crippen LogP contribution in [0.5, 0.6) is 0 Å². The minimum Gasteiger partial charge on any atom is -0.442 e. The van der Waals surface area contributed by atoms with Crippen molar-refractivity contribution < 1.29 is 31.7 Å². The fourth-order valence-electron chi connectivity index (χ4n) is 4.59. The van der Waals surface area contributed by atoms with E-state index in [9.17, 15) is 22.6 Å². The smallest absolute Gasteiger partial charge is 0.442 e. The Balaban J connectivity index is 1.71. The summed E-state index contributed by atoms with van der Waals surface area (Å²) >= 11 is 0. The molecule has 1 atom stereocenters. The Morgan fingerprint density at radius 1 is 1.14 bits per heavy atom. The number of aromatic nitrogens is 2. The summed E-state index contributed by atoms with van der Waals surface area (Å²) in [7, 11) is -3.21. The van der Waals surface area contributed by atoms with Gasteiger partial charge in [0.25, 0.3) is 5.91 Å².